The molecule has 0 fully saturated rings. The van der Waals surface area contributed by atoms with Gasteiger partial charge in [0.2, 0.25) is 0 Å². The molecule has 3 heteroatoms. The topological polar surface area (TPSA) is 57.5 Å². The van der Waals surface area contributed by atoms with Crippen molar-refractivity contribution < 1.29 is 15.0 Å². The molecule has 0 bridgehead atoms. The summed E-state index contributed by atoms with van der Waals surface area (Å²) in [4.78, 5) is 11.2. The molecule has 1 aromatic carbocycles. The Kier molecular flexibility index (Phi) is 3.38. The first-order valence-electron chi connectivity index (χ1n) is 5.37. The molecule has 88 valence electrons. The highest BCUT2D eigenvalue weighted by Gasteiger charge is 2.48. The van der Waals surface area contributed by atoms with E-state index in [1.54, 1.807) is 45.0 Å². The van der Waals surface area contributed by atoms with Gasteiger partial charge in [0.05, 0.1) is 5.41 Å². The van der Waals surface area contributed by atoms with Crippen LogP contribution in [0.5, 0.6) is 0 Å². The fraction of sp³-hybridized carbons (Fsp3) is 0.462. The lowest BCUT2D eigenvalue weighted by atomic mass is 9.69. The number of aliphatic carboxylic acids is 1. The van der Waals surface area contributed by atoms with Crippen LogP contribution in [0, 0.1) is 5.41 Å². The van der Waals surface area contributed by atoms with Gasteiger partial charge in [-0.3, -0.25) is 4.79 Å². The largest absolute Gasteiger partial charge is 0.481 e. The fourth-order valence-corrected chi connectivity index (χ4v) is 1.90. The number of hydrogen-bond acceptors (Lipinski definition) is 2. The lowest BCUT2D eigenvalue weighted by Gasteiger charge is -2.39. The van der Waals surface area contributed by atoms with Crippen molar-refractivity contribution in [3.63, 3.8) is 0 Å². The Balaban J connectivity index is 3.28. The Morgan fingerprint density at radius 2 is 1.75 bits per heavy atom. The third-order valence-corrected chi connectivity index (χ3v) is 3.33. The van der Waals surface area contributed by atoms with E-state index in [9.17, 15) is 15.0 Å². The Hall–Kier alpha value is -1.35. The summed E-state index contributed by atoms with van der Waals surface area (Å²) in [5.41, 5.74) is -1.92. The van der Waals surface area contributed by atoms with Crippen LogP contribution in [0.3, 0.4) is 0 Å². The van der Waals surface area contributed by atoms with E-state index in [4.69, 9.17) is 0 Å². The predicted molar refractivity (Wildman–Crippen MR) is 62.0 cm³/mol. The van der Waals surface area contributed by atoms with Crippen molar-refractivity contribution in [1.29, 1.82) is 0 Å². The van der Waals surface area contributed by atoms with E-state index >= 15 is 0 Å². The maximum absolute atomic E-state index is 11.2. The molecule has 1 aromatic rings. The number of benzene rings is 1. The summed E-state index contributed by atoms with van der Waals surface area (Å²) in [6.07, 6.45) is 0.357. The molecule has 0 spiro atoms. The molecule has 1 rings (SSSR count). The molecule has 0 radical (unpaired) electrons. The molecule has 0 aliphatic carbocycles. The molecule has 0 aromatic heterocycles. The van der Waals surface area contributed by atoms with E-state index < -0.39 is 17.0 Å². The van der Waals surface area contributed by atoms with Crippen LogP contribution in [0.2, 0.25) is 0 Å². The Labute approximate surface area is 95.7 Å². The Morgan fingerprint density at radius 3 is 2.12 bits per heavy atom. The molecule has 16 heavy (non-hydrogen) atoms. The van der Waals surface area contributed by atoms with Gasteiger partial charge in [-0.2, -0.15) is 0 Å². The van der Waals surface area contributed by atoms with Gasteiger partial charge < -0.3 is 10.2 Å². The van der Waals surface area contributed by atoms with Crippen LogP contribution >= 0.6 is 0 Å². The maximum Gasteiger partial charge on any atom is 0.312 e. The average Bonchev–Trinajstić information content (AvgIpc) is 2.28. The highest BCUT2D eigenvalue weighted by atomic mass is 16.4. The van der Waals surface area contributed by atoms with Gasteiger partial charge in [-0.05, 0) is 25.8 Å². The molecule has 0 aliphatic rings. The zero-order chi connectivity index (χ0) is 12.4. The van der Waals surface area contributed by atoms with Gasteiger partial charge in [0, 0.05) is 0 Å². The van der Waals surface area contributed by atoms with Gasteiger partial charge in [-0.25, -0.2) is 0 Å². The third-order valence-electron chi connectivity index (χ3n) is 3.33. The smallest absolute Gasteiger partial charge is 0.312 e. The quantitative estimate of drug-likeness (QED) is 0.822. The first-order valence-corrected chi connectivity index (χ1v) is 5.37. The summed E-state index contributed by atoms with van der Waals surface area (Å²) >= 11 is 0. The average molecular weight is 222 g/mol. The predicted octanol–water partition coefficient (Wildman–Crippen LogP) is 2.39. The second-order valence-electron chi connectivity index (χ2n) is 4.51. The molecule has 0 aliphatic heterocycles. The van der Waals surface area contributed by atoms with Gasteiger partial charge in [0.15, 0.2) is 0 Å². The van der Waals surface area contributed by atoms with Gasteiger partial charge in [-0.1, -0.05) is 37.3 Å². The number of rotatable bonds is 4. The minimum Gasteiger partial charge on any atom is -0.481 e. The highest BCUT2D eigenvalue weighted by Crippen LogP contribution is 2.42. The van der Waals surface area contributed by atoms with Crippen molar-refractivity contribution in [2.75, 3.05) is 0 Å². The zero-order valence-electron chi connectivity index (χ0n) is 9.90. The lowest BCUT2D eigenvalue weighted by Crippen LogP contribution is -2.46. The number of hydrogen-bond donors (Lipinski definition) is 2. The normalized spacial score (nSPS) is 15.5. The van der Waals surface area contributed by atoms with Crippen LogP contribution in [0.25, 0.3) is 0 Å². The van der Waals surface area contributed by atoms with E-state index in [0.29, 0.717) is 12.0 Å². The first-order chi connectivity index (χ1) is 7.36. The van der Waals surface area contributed by atoms with Gasteiger partial charge in [-0.15, -0.1) is 0 Å². The van der Waals surface area contributed by atoms with Crippen LogP contribution < -0.4 is 0 Å². The van der Waals surface area contributed by atoms with Crippen LogP contribution in [0.4, 0.5) is 0 Å². The van der Waals surface area contributed by atoms with Crippen molar-refractivity contribution in [3.05, 3.63) is 35.9 Å². The minimum atomic E-state index is -1.35. The summed E-state index contributed by atoms with van der Waals surface area (Å²) in [5.74, 6) is -0.999. The van der Waals surface area contributed by atoms with Gasteiger partial charge in [0.1, 0.15) is 5.60 Å². The third kappa shape index (κ3) is 1.83. The summed E-state index contributed by atoms with van der Waals surface area (Å²) in [5, 5.41) is 19.8. The monoisotopic (exact) mass is 222 g/mol. The van der Waals surface area contributed by atoms with Crippen molar-refractivity contribution in [3.8, 4) is 0 Å². The molecule has 2 N–H and O–H groups in total. The van der Waals surface area contributed by atoms with Crippen LogP contribution in [-0.4, -0.2) is 16.2 Å². The number of aliphatic hydroxyl groups is 1. The van der Waals surface area contributed by atoms with Gasteiger partial charge >= 0.3 is 5.97 Å². The lowest BCUT2D eigenvalue weighted by molar-refractivity contribution is -0.167. The molecule has 1 unspecified atom stereocenters. The molecule has 1 atom stereocenters. The summed E-state index contributed by atoms with van der Waals surface area (Å²) in [7, 11) is 0. The van der Waals surface area contributed by atoms with E-state index in [-0.39, 0.29) is 0 Å². The second kappa shape index (κ2) is 4.26. The van der Waals surface area contributed by atoms with Crippen LogP contribution in [0.1, 0.15) is 32.8 Å². The fourth-order valence-electron chi connectivity index (χ4n) is 1.90. The van der Waals surface area contributed by atoms with E-state index in [1.807, 2.05) is 6.07 Å². The van der Waals surface area contributed by atoms with Gasteiger partial charge in [0.25, 0.3) is 0 Å². The molecule has 3 nitrogen and oxygen atoms in total. The molecular weight excluding hydrogens is 204 g/mol. The number of carboxylic acids is 1. The van der Waals surface area contributed by atoms with Crippen molar-refractivity contribution >= 4 is 5.97 Å². The Morgan fingerprint density at radius 1 is 1.25 bits per heavy atom. The Bertz CT molecular complexity index is 370. The SMILES string of the molecule is CCC(O)(c1ccccc1)C(C)(C)C(=O)O. The van der Waals surface area contributed by atoms with Crippen LogP contribution in [-0.2, 0) is 10.4 Å². The molecule has 0 saturated heterocycles. The van der Waals surface area contributed by atoms with Crippen LogP contribution in [0.15, 0.2) is 30.3 Å². The standard InChI is InChI=1S/C13H18O3/c1-4-13(16,12(2,3)11(14)15)10-8-6-5-7-9-10/h5-9,16H,4H2,1-3H3,(H,14,15). The molecular formula is C13H18O3. The second-order valence-corrected chi connectivity index (χ2v) is 4.51. The number of carboxylic acid groups (broad SMARTS) is 1. The zero-order valence-corrected chi connectivity index (χ0v) is 9.90. The molecule has 0 amide bonds. The minimum absolute atomic E-state index is 0.357. The number of carbonyl (C=O) groups is 1. The van der Waals surface area contributed by atoms with E-state index in [2.05, 4.69) is 0 Å². The van der Waals surface area contributed by atoms with E-state index in [0.717, 1.165) is 0 Å². The summed E-state index contributed by atoms with van der Waals surface area (Å²) in [6, 6.07) is 8.96. The van der Waals surface area contributed by atoms with E-state index in [1.165, 1.54) is 0 Å². The first kappa shape index (κ1) is 12.7. The maximum atomic E-state index is 11.2. The molecule has 0 saturated carbocycles. The summed E-state index contributed by atoms with van der Waals surface area (Å²) in [6.45, 7) is 4.88. The molecule has 0 heterocycles. The van der Waals surface area contributed by atoms with Crippen molar-refractivity contribution in [2.24, 2.45) is 5.41 Å². The highest BCUT2D eigenvalue weighted by molar-refractivity contribution is 5.75. The van der Waals surface area contributed by atoms with Crippen molar-refractivity contribution in [1.82, 2.24) is 0 Å². The summed E-state index contributed by atoms with van der Waals surface area (Å²) < 4.78 is 0. The van der Waals surface area contributed by atoms with Crippen molar-refractivity contribution in [2.45, 2.75) is 32.8 Å².